The van der Waals surface area contributed by atoms with Gasteiger partial charge in [0.25, 0.3) is 0 Å². The second kappa shape index (κ2) is 8.45. The van der Waals surface area contributed by atoms with E-state index in [1.54, 1.807) is 43.3 Å². The van der Waals surface area contributed by atoms with Gasteiger partial charge in [0.1, 0.15) is 0 Å². The maximum absolute atomic E-state index is 12.9. The van der Waals surface area contributed by atoms with E-state index in [0.29, 0.717) is 41.9 Å². The lowest BCUT2D eigenvalue weighted by Crippen LogP contribution is -2.48. The van der Waals surface area contributed by atoms with Crippen molar-refractivity contribution in [3.63, 3.8) is 0 Å². The summed E-state index contributed by atoms with van der Waals surface area (Å²) in [6, 6.07) is 13.9. The summed E-state index contributed by atoms with van der Waals surface area (Å²) in [7, 11) is -6.73. The highest BCUT2D eigenvalue weighted by molar-refractivity contribution is 7.91. The van der Waals surface area contributed by atoms with Crippen LogP contribution in [0.2, 0.25) is 0 Å². The molecule has 0 atom stereocenters. The summed E-state index contributed by atoms with van der Waals surface area (Å²) in [5.74, 6) is 0.426. The van der Waals surface area contributed by atoms with Crippen molar-refractivity contribution in [3.05, 3.63) is 54.1 Å². The molecule has 1 saturated heterocycles. The van der Waals surface area contributed by atoms with Crippen LogP contribution >= 0.6 is 0 Å². The Hall–Kier alpha value is -1.90. The highest BCUT2D eigenvalue weighted by Gasteiger charge is 2.28. The van der Waals surface area contributed by atoms with Crippen LogP contribution in [0.1, 0.15) is 32.3 Å². The second-order valence-corrected chi connectivity index (χ2v) is 11.7. The lowest BCUT2D eigenvalue weighted by Gasteiger charge is -2.35. The summed E-state index contributed by atoms with van der Waals surface area (Å²) < 4.78 is 51.3. The van der Waals surface area contributed by atoms with Crippen LogP contribution in [0.4, 0.5) is 5.69 Å². The number of nitrogens with zero attached hydrogens (tertiary/aromatic N) is 2. The molecule has 0 aromatic heterocycles. The molecule has 0 bridgehead atoms. The monoisotopic (exact) mass is 436 g/mol. The molecule has 0 aliphatic carbocycles. The van der Waals surface area contributed by atoms with Crippen molar-refractivity contribution in [1.82, 2.24) is 4.31 Å². The predicted molar refractivity (Wildman–Crippen MR) is 116 cm³/mol. The van der Waals surface area contributed by atoms with Gasteiger partial charge in [0.15, 0.2) is 9.84 Å². The summed E-state index contributed by atoms with van der Waals surface area (Å²) in [6.07, 6.45) is 0. The minimum Gasteiger partial charge on any atom is -0.369 e. The number of hydrogen-bond donors (Lipinski definition) is 0. The third-order valence-corrected chi connectivity index (χ3v) is 9.03. The normalized spacial score (nSPS) is 16.3. The molecule has 2 aromatic rings. The summed E-state index contributed by atoms with van der Waals surface area (Å²) in [5, 5.41) is 0. The van der Waals surface area contributed by atoms with E-state index in [-0.39, 0.29) is 5.75 Å². The van der Waals surface area contributed by atoms with Gasteiger partial charge in [-0.3, -0.25) is 0 Å². The first-order chi connectivity index (χ1) is 13.6. The van der Waals surface area contributed by atoms with Gasteiger partial charge >= 0.3 is 0 Å². The number of hydrogen-bond acceptors (Lipinski definition) is 5. The van der Waals surface area contributed by atoms with E-state index in [2.05, 4.69) is 18.7 Å². The standard InChI is InChI=1S/C21H28N2O4S2/c1-4-28(24,25)20-11-7-19(8-12-20)22-13-15-23(16-14-22)29(26,27)21-9-5-18(6-10-21)17(2)3/h5-12,17H,4,13-16H2,1-3H3. The zero-order valence-corrected chi connectivity index (χ0v) is 18.7. The Morgan fingerprint density at radius 2 is 1.31 bits per heavy atom. The molecule has 0 saturated carbocycles. The quantitative estimate of drug-likeness (QED) is 0.696. The molecule has 6 nitrogen and oxygen atoms in total. The van der Waals surface area contributed by atoms with Gasteiger partial charge in [0.05, 0.1) is 15.5 Å². The first kappa shape index (κ1) is 21.8. The fourth-order valence-corrected chi connectivity index (χ4v) is 5.70. The Kier molecular flexibility index (Phi) is 6.36. The number of piperazine rings is 1. The Morgan fingerprint density at radius 1 is 0.793 bits per heavy atom. The molecule has 1 fully saturated rings. The van der Waals surface area contributed by atoms with Crippen LogP contribution in [0.5, 0.6) is 0 Å². The van der Waals surface area contributed by atoms with Crippen LogP contribution in [-0.4, -0.2) is 53.1 Å². The number of rotatable bonds is 6. The molecule has 0 radical (unpaired) electrons. The Bertz CT molecular complexity index is 1040. The van der Waals surface area contributed by atoms with Gasteiger partial charge in [-0.05, 0) is 47.9 Å². The van der Waals surface area contributed by atoms with E-state index in [9.17, 15) is 16.8 Å². The van der Waals surface area contributed by atoms with E-state index in [1.165, 1.54) is 4.31 Å². The molecule has 8 heteroatoms. The van der Waals surface area contributed by atoms with E-state index in [0.717, 1.165) is 11.3 Å². The molecule has 1 aliphatic heterocycles. The van der Waals surface area contributed by atoms with Crippen molar-refractivity contribution in [2.24, 2.45) is 0 Å². The molecule has 3 rings (SSSR count). The minimum absolute atomic E-state index is 0.0705. The van der Waals surface area contributed by atoms with Crippen LogP contribution < -0.4 is 4.90 Å². The second-order valence-electron chi connectivity index (χ2n) is 7.51. The third kappa shape index (κ3) is 4.65. The van der Waals surface area contributed by atoms with Gasteiger partial charge in [-0.1, -0.05) is 32.9 Å². The minimum atomic E-state index is -3.51. The molecule has 158 valence electrons. The number of anilines is 1. The van der Waals surface area contributed by atoms with Crippen molar-refractivity contribution in [2.45, 2.75) is 36.5 Å². The third-order valence-electron chi connectivity index (χ3n) is 5.36. The van der Waals surface area contributed by atoms with Gasteiger partial charge < -0.3 is 4.90 Å². The number of benzene rings is 2. The van der Waals surface area contributed by atoms with Crippen molar-refractivity contribution in [3.8, 4) is 0 Å². The number of sulfonamides is 1. The average molecular weight is 437 g/mol. The molecule has 0 N–H and O–H groups in total. The maximum atomic E-state index is 12.9. The van der Waals surface area contributed by atoms with Crippen LogP contribution in [0.15, 0.2) is 58.3 Å². The van der Waals surface area contributed by atoms with E-state index >= 15 is 0 Å². The van der Waals surface area contributed by atoms with Crippen molar-refractivity contribution >= 4 is 25.5 Å². The first-order valence-electron chi connectivity index (χ1n) is 9.83. The summed E-state index contributed by atoms with van der Waals surface area (Å²) in [4.78, 5) is 2.72. The molecule has 29 heavy (non-hydrogen) atoms. The first-order valence-corrected chi connectivity index (χ1v) is 12.9. The van der Waals surface area contributed by atoms with Gasteiger partial charge in [-0.25, -0.2) is 16.8 Å². The highest BCUT2D eigenvalue weighted by Crippen LogP contribution is 2.24. The zero-order chi connectivity index (χ0) is 21.2. The van der Waals surface area contributed by atoms with E-state index in [4.69, 9.17) is 0 Å². The van der Waals surface area contributed by atoms with Crippen molar-refractivity contribution in [2.75, 3.05) is 36.8 Å². The van der Waals surface area contributed by atoms with Crippen molar-refractivity contribution < 1.29 is 16.8 Å². The smallest absolute Gasteiger partial charge is 0.243 e. The predicted octanol–water partition coefficient (Wildman–Crippen LogP) is 3.11. The molecule has 0 unspecified atom stereocenters. The van der Waals surface area contributed by atoms with Crippen LogP contribution in [-0.2, 0) is 19.9 Å². The topological polar surface area (TPSA) is 74.8 Å². The molecule has 1 heterocycles. The summed E-state index contributed by atoms with van der Waals surface area (Å²) >= 11 is 0. The van der Waals surface area contributed by atoms with Gasteiger partial charge in [0, 0.05) is 31.9 Å². The maximum Gasteiger partial charge on any atom is 0.243 e. The lowest BCUT2D eigenvalue weighted by atomic mass is 10.0. The average Bonchev–Trinajstić information content (AvgIpc) is 2.74. The summed E-state index contributed by atoms with van der Waals surface area (Å²) in [5.41, 5.74) is 2.01. The van der Waals surface area contributed by atoms with Gasteiger partial charge in [-0.15, -0.1) is 0 Å². The Morgan fingerprint density at radius 3 is 1.79 bits per heavy atom. The molecular weight excluding hydrogens is 408 g/mol. The highest BCUT2D eigenvalue weighted by atomic mass is 32.2. The lowest BCUT2D eigenvalue weighted by molar-refractivity contribution is 0.385. The summed E-state index contributed by atoms with van der Waals surface area (Å²) in [6.45, 7) is 7.68. The molecule has 0 amide bonds. The van der Waals surface area contributed by atoms with Gasteiger partial charge in [-0.2, -0.15) is 4.31 Å². The van der Waals surface area contributed by atoms with Crippen LogP contribution in [0, 0.1) is 0 Å². The largest absolute Gasteiger partial charge is 0.369 e. The number of sulfone groups is 1. The van der Waals surface area contributed by atoms with Crippen molar-refractivity contribution in [1.29, 1.82) is 0 Å². The van der Waals surface area contributed by atoms with Crippen LogP contribution in [0.3, 0.4) is 0 Å². The van der Waals surface area contributed by atoms with Crippen LogP contribution in [0.25, 0.3) is 0 Å². The Labute approximate surface area is 174 Å². The fourth-order valence-electron chi connectivity index (χ4n) is 3.39. The molecule has 0 spiro atoms. The molecule has 1 aliphatic rings. The SMILES string of the molecule is CCS(=O)(=O)c1ccc(N2CCN(S(=O)(=O)c3ccc(C(C)C)cc3)CC2)cc1. The fraction of sp³-hybridized carbons (Fsp3) is 0.429. The molecular formula is C21H28N2O4S2. The zero-order valence-electron chi connectivity index (χ0n) is 17.1. The van der Waals surface area contributed by atoms with Gasteiger partial charge in [0.2, 0.25) is 10.0 Å². The van der Waals surface area contributed by atoms with E-state index in [1.807, 2.05) is 12.1 Å². The molecule has 2 aromatic carbocycles. The Balaban J connectivity index is 1.68. The van der Waals surface area contributed by atoms with E-state index < -0.39 is 19.9 Å².